The summed E-state index contributed by atoms with van der Waals surface area (Å²) in [5, 5.41) is 3.64. The lowest BCUT2D eigenvalue weighted by Gasteiger charge is -2.25. The summed E-state index contributed by atoms with van der Waals surface area (Å²) in [7, 11) is 2.21. The molecule has 0 unspecified atom stereocenters. The van der Waals surface area contributed by atoms with Crippen molar-refractivity contribution in [2.75, 3.05) is 20.1 Å². The average Bonchev–Trinajstić information content (AvgIpc) is 2.97. The summed E-state index contributed by atoms with van der Waals surface area (Å²) >= 11 is 0. The van der Waals surface area contributed by atoms with Crippen molar-refractivity contribution in [3.63, 3.8) is 0 Å². The van der Waals surface area contributed by atoms with Gasteiger partial charge in [-0.05, 0) is 69.1 Å². The zero-order valence-corrected chi connectivity index (χ0v) is 15.5. The van der Waals surface area contributed by atoms with Crippen LogP contribution in [-0.2, 0) is 6.54 Å². The van der Waals surface area contributed by atoms with Crippen LogP contribution in [0.3, 0.4) is 0 Å². The molecule has 1 fully saturated rings. The van der Waals surface area contributed by atoms with E-state index in [4.69, 9.17) is 4.74 Å². The Kier molecular flexibility index (Phi) is 6.05. The van der Waals surface area contributed by atoms with Gasteiger partial charge in [-0.25, -0.2) is 0 Å². The normalized spacial score (nSPS) is 21.0. The maximum atomic E-state index is 5.70. The maximum Gasteiger partial charge on any atom is 0.119 e. The Balaban J connectivity index is 1.53. The van der Waals surface area contributed by atoms with Crippen LogP contribution in [0, 0.1) is 5.92 Å². The van der Waals surface area contributed by atoms with Gasteiger partial charge in [0.1, 0.15) is 5.75 Å². The minimum Gasteiger partial charge on any atom is -0.491 e. The van der Waals surface area contributed by atoms with Crippen molar-refractivity contribution in [2.45, 2.75) is 39.0 Å². The van der Waals surface area contributed by atoms with Gasteiger partial charge in [-0.3, -0.25) is 9.88 Å². The molecule has 2 atom stereocenters. The molecule has 4 heteroatoms. The second-order valence-electron chi connectivity index (χ2n) is 7.20. The van der Waals surface area contributed by atoms with Crippen LogP contribution in [0.5, 0.6) is 5.75 Å². The lowest BCUT2D eigenvalue weighted by atomic mass is 9.94. The van der Waals surface area contributed by atoms with Gasteiger partial charge in [-0.15, -0.1) is 0 Å². The van der Waals surface area contributed by atoms with Crippen molar-refractivity contribution >= 4 is 0 Å². The number of hydrogen-bond donors (Lipinski definition) is 1. The molecule has 25 heavy (non-hydrogen) atoms. The minimum absolute atomic E-state index is 0.216. The van der Waals surface area contributed by atoms with Crippen molar-refractivity contribution < 1.29 is 4.74 Å². The van der Waals surface area contributed by atoms with Crippen LogP contribution in [0.1, 0.15) is 37.4 Å². The molecule has 2 heterocycles. The highest BCUT2D eigenvalue weighted by Crippen LogP contribution is 2.35. The molecular weight excluding hydrogens is 310 g/mol. The van der Waals surface area contributed by atoms with Gasteiger partial charge in [0.25, 0.3) is 0 Å². The Hall–Kier alpha value is -1.91. The third kappa shape index (κ3) is 4.80. The number of aromatic nitrogens is 1. The van der Waals surface area contributed by atoms with Gasteiger partial charge in [0.2, 0.25) is 0 Å². The fourth-order valence-corrected chi connectivity index (χ4v) is 3.68. The molecular formula is C21H29N3O. The minimum atomic E-state index is 0.216. The van der Waals surface area contributed by atoms with E-state index in [9.17, 15) is 0 Å². The fourth-order valence-electron chi connectivity index (χ4n) is 3.68. The molecule has 1 aromatic carbocycles. The summed E-state index contributed by atoms with van der Waals surface area (Å²) in [6, 6.07) is 13.1. The number of rotatable bonds is 7. The number of ether oxygens (including phenoxy) is 1. The van der Waals surface area contributed by atoms with E-state index >= 15 is 0 Å². The molecule has 0 saturated carbocycles. The Labute approximate surface area is 151 Å². The monoisotopic (exact) mass is 339 g/mol. The molecule has 0 amide bonds. The van der Waals surface area contributed by atoms with Gasteiger partial charge in [-0.1, -0.05) is 18.2 Å². The zero-order chi connectivity index (χ0) is 17.6. The molecule has 1 N–H and O–H groups in total. The molecule has 2 aromatic rings. The third-order valence-electron chi connectivity index (χ3n) is 4.83. The molecule has 0 radical (unpaired) electrons. The first kappa shape index (κ1) is 17.9. The van der Waals surface area contributed by atoms with Crippen LogP contribution in [0.2, 0.25) is 0 Å². The third-order valence-corrected chi connectivity index (χ3v) is 4.83. The van der Waals surface area contributed by atoms with Crippen molar-refractivity contribution in [3.05, 3.63) is 59.9 Å². The van der Waals surface area contributed by atoms with Crippen molar-refractivity contribution in [3.8, 4) is 5.75 Å². The predicted molar refractivity (Wildman–Crippen MR) is 102 cm³/mol. The highest BCUT2D eigenvalue weighted by molar-refractivity contribution is 5.27. The van der Waals surface area contributed by atoms with Crippen LogP contribution < -0.4 is 10.1 Å². The van der Waals surface area contributed by atoms with Crippen LogP contribution >= 0.6 is 0 Å². The molecule has 0 bridgehead atoms. The number of benzene rings is 1. The first-order valence-electron chi connectivity index (χ1n) is 9.20. The van der Waals surface area contributed by atoms with Gasteiger partial charge in [-0.2, -0.15) is 0 Å². The van der Waals surface area contributed by atoms with E-state index in [0.717, 1.165) is 25.4 Å². The average molecular weight is 339 g/mol. The number of nitrogens with one attached hydrogen (secondary N) is 1. The SMILES string of the molecule is CC(C)Oc1ccc(CNC[C@@H]2CCN(C)[C@H]2c2cccnc2)cc1. The van der Waals surface area contributed by atoms with Crippen LogP contribution in [0.15, 0.2) is 48.8 Å². The highest BCUT2D eigenvalue weighted by Gasteiger charge is 2.32. The van der Waals surface area contributed by atoms with E-state index in [1.807, 2.05) is 32.3 Å². The number of hydrogen-bond acceptors (Lipinski definition) is 4. The molecule has 3 rings (SSSR count). The lowest BCUT2D eigenvalue weighted by molar-refractivity contribution is 0.242. The van der Waals surface area contributed by atoms with Crippen LogP contribution in [0.25, 0.3) is 0 Å². The summed E-state index contributed by atoms with van der Waals surface area (Å²) in [6.45, 7) is 7.16. The topological polar surface area (TPSA) is 37.4 Å². The summed E-state index contributed by atoms with van der Waals surface area (Å²) in [6.07, 6.45) is 5.29. The first-order chi connectivity index (χ1) is 12.1. The first-order valence-corrected chi connectivity index (χ1v) is 9.20. The quantitative estimate of drug-likeness (QED) is 0.835. The van der Waals surface area contributed by atoms with E-state index in [0.29, 0.717) is 12.0 Å². The summed E-state index contributed by atoms with van der Waals surface area (Å²) in [5.74, 6) is 1.56. The van der Waals surface area contributed by atoms with Gasteiger partial charge in [0.15, 0.2) is 0 Å². The molecule has 1 aliphatic heterocycles. The Morgan fingerprint density at radius 3 is 2.72 bits per heavy atom. The molecule has 1 aromatic heterocycles. The summed E-state index contributed by atoms with van der Waals surface area (Å²) in [4.78, 5) is 6.74. The summed E-state index contributed by atoms with van der Waals surface area (Å²) < 4.78 is 5.70. The molecule has 0 spiro atoms. The van der Waals surface area contributed by atoms with Crippen LogP contribution in [0.4, 0.5) is 0 Å². The smallest absolute Gasteiger partial charge is 0.119 e. The fraction of sp³-hybridized carbons (Fsp3) is 0.476. The molecule has 1 aliphatic rings. The molecule has 0 aliphatic carbocycles. The second-order valence-corrected chi connectivity index (χ2v) is 7.20. The highest BCUT2D eigenvalue weighted by atomic mass is 16.5. The van der Waals surface area contributed by atoms with Gasteiger partial charge in [0, 0.05) is 31.5 Å². The number of likely N-dealkylation sites (tertiary alicyclic amines) is 1. The van der Waals surface area contributed by atoms with E-state index in [-0.39, 0.29) is 6.10 Å². The largest absolute Gasteiger partial charge is 0.491 e. The van der Waals surface area contributed by atoms with E-state index in [1.54, 1.807) is 0 Å². The van der Waals surface area contributed by atoms with Crippen LogP contribution in [-0.4, -0.2) is 36.1 Å². The maximum absolute atomic E-state index is 5.70. The number of nitrogens with zero attached hydrogens (tertiary/aromatic N) is 2. The summed E-state index contributed by atoms with van der Waals surface area (Å²) in [5.41, 5.74) is 2.62. The van der Waals surface area contributed by atoms with Gasteiger partial charge < -0.3 is 10.1 Å². The van der Waals surface area contributed by atoms with Gasteiger partial charge >= 0.3 is 0 Å². The number of pyridine rings is 1. The van der Waals surface area contributed by atoms with Crippen molar-refractivity contribution in [2.24, 2.45) is 5.92 Å². The van der Waals surface area contributed by atoms with Crippen molar-refractivity contribution in [1.29, 1.82) is 0 Å². The van der Waals surface area contributed by atoms with E-state index in [1.165, 1.54) is 17.5 Å². The standard InChI is InChI=1S/C21H29N3O/c1-16(2)25-20-8-6-17(7-9-20)13-23-15-19-10-12-24(3)21(19)18-5-4-11-22-14-18/h4-9,11,14,16,19,21,23H,10,12-13,15H2,1-3H3/t19-,21-/m0/s1. The Morgan fingerprint density at radius 2 is 2.04 bits per heavy atom. The molecule has 4 nitrogen and oxygen atoms in total. The predicted octanol–water partition coefficient (Wildman–Crippen LogP) is 3.65. The Bertz CT molecular complexity index is 642. The lowest BCUT2D eigenvalue weighted by Crippen LogP contribution is -2.28. The van der Waals surface area contributed by atoms with E-state index < -0.39 is 0 Å². The molecule has 1 saturated heterocycles. The molecule has 134 valence electrons. The van der Waals surface area contributed by atoms with Crippen molar-refractivity contribution in [1.82, 2.24) is 15.2 Å². The van der Waals surface area contributed by atoms with Gasteiger partial charge in [0.05, 0.1) is 6.10 Å². The zero-order valence-electron chi connectivity index (χ0n) is 15.5. The Morgan fingerprint density at radius 1 is 1.24 bits per heavy atom. The van der Waals surface area contributed by atoms with E-state index in [2.05, 4.69) is 52.6 Å². The second kappa shape index (κ2) is 8.45.